The van der Waals surface area contributed by atoms with Crippen LogP contribution in [-0.2, 0) is 0 Å². The van der Waals surface area contributed by atoms with E-state index in [0.717, 1.165) is 29.4 Å². The van der Waals surface area contributed by atoms with Crippen LogP contribution < -0.4 is 11.1 Å². The van der Waals surface area contributed by atoms with E-state index >= 15 is 0 Å². The molecule has 0 saturated heterocycles. The van der Waals surface area contributed by atoms with E-state index in [1.165, 1.54) is 0 Å². The van der Waals surface area contributed by atoms with Gasteiger partial charge in [-0.1, -0.05) is 31.5 Å². The molecule has 0 radical (unpaired) electrons. The van der Waals surface area contributed by atoms with Crippen LogP contribution in [0.3, 0.4) is 0 Å². The van der Waals surface area contributed by atoms with Crippen LogP contribution in [0.15, 0.2) is 24.3 Å². The molecule has 5 nitrogen and oxygen atoms in total. The van der Waals surface area contributed by atoms with Crippen LogP contribution in [0.1, 0.15) is 25.5 Å². The minimum Gasteiger partial charge on any atom is -0.378 e. The van der Waals surface area contributed by atoms with Crippen molar-refractivity contribution in [2.75, 3.05) is 11.9 Å². The van der Waals surface area contributed by atoms with Gasteiger partial charge >= 0.3 is 0 Å². The number of benzene rings is 1. The Bertz CT molecular complexity index is 602. The van der Waals surface area contributed by atoms with E-state index in [1.54, 1.807) is 0 Å². The number of hydrogen-bond acceptors (Lipinski definition) is 5. The van der Waals surface area contributed by atoms with Crippen molar-refractivity contribution in [1.29, 1.82) is 5.26 Å². The summed E-state index contributed by atoms with van der Waals surface area (Å²) in [6.07, 6.45) is 1.99. The summed E-state index contributed by atoms with van der Waals surface area (Å²) >= 11 is 0. The summed E-state index contributed by atoms with van der Waals surface area (Å²) in [6, 6.07) is 9.87. The molecule has 0 bridgehead atoms. The molecular formula is C14H17N5. The van der Waals surface area contributed by atoms with Gasteiger partial charge in [0.15, 0.2) is 5.69 Å². The highest BCUT2D eigenvalue weighted by Gasteiger charge is 2.13. The minimum absolute atomic E-state index is 0.143. The molecule has 19 heavy (non-hydrogen) atoms. The van der Waals surface area contributed by atoms with Crippen molar-refractivity contribution in [3.05, 3.63) is 30.0 Å². The van der Waals surface area contributed by atoms with Gasteiger partial charge in [0, 0.05) is 18.0 Å². The predicted molar refractivity (Wildman–Crippen MR) is 75.6 cm³/mol. The van der Waals surface area contributed by atoms with E-state index < -0.39 is 0 Å². The lowest BCUT2D eigenvalue weighted by molar-refractivity contribution is 0.648. The van der Waals surface area contributed by atoms with Crippen molar-refractivity contribution >= 4 is 16.6 Å². The molecule has 98 valence electrons. The van der Waals surface area contributed by atoms with Crippen molar-refractivity contribution in [1.82, 2.24) is 10.2 Å². The van der Waals surface area contributed by atoms with E-state index in [1.807, 2.05) is 24.3 Å². The lowest BCUT2D eigenvalue weighted by Gasteiger charge is -2.18. The molecule has 1 aromatic carbocycles. The number of aromatic nitrogens is 2. The smallest absolute Gasteiger partial charge is 0.186 e. The normalized spacial score (nSPS) is 12.1. The average Bonchev–Trinajstić information content (AvgIpc) is 2.46. The van der Waals surface area contributed by atoms with Crippen molar-refractivity contribution in [3.8, 4) is 6.07 Å². The minimum atomic E-state index is 0.143. The Morgan fingerprint density at radius 1 is 1.37 bits per heavy atom. The zero-order valence-electron chi connectivity index (χ0n) is 10.9. The number of nitrogens with one attached hydrogen (secondary N) is 1. The average molecular weight is 255 g/mol. The van der Waals surface area contributed by atoms with Crippen molar-refractivity contribution in [2.45, 2.75) is 25.8 Å². The number of nitrogens with zero attached hydrogens (tertiary/aromatic N) is 3. The number of anilines is 1. The molecule has 0 spiro atoms. The molecule has 1 aromatic heterocycles. The summed E-state index contributed by atoms with van der Waals surface area (Å²) in [5.74, 6) is 0. The summed E-state index contributed by atoms with van der Waals surface area (Å²) in [5.41, 5.74) is 7.58. The quantitative estimate of drug-likeness (QED) is 0.853. The van der Waals surface area contributed by atoms with Crippen LogP contribution in [0, 0.1) is 11.3 Å². The second-order valence-corrected chi connectivity index (χ2v) is 4.42. The molecule has 0 aliphatic carbocycles. The van der Waals surface area contributed by atoms with Crippen molar-refractivity contribution in [3.63, 3.8) is 0 Å². The number of rotatable bonds is 5. The fourth-order valence-corrected chi connectivity index (χ4v) is 2.08. The first kappa shape index (κ1) is 13.2. The van der Waals surface area contributed by atoms with Gasteiger partial charge in [0.25, 0.3) is 0 Å². The predicted octanol–water partition coefficient (Wildman–Crippen LogP) is 2.04. The number of hydrogen-bond donors (Lipinski definition) is 2. The lowest BCUT2D eigenvalue weighted by atomic mass is 10.1. The third-order valence-corrected chi connectivity index (χ3v) is 3.04. The molecule has 0 fully saturated rings. The van der Waals surface area contributed by atoms with E-state index in [2.05, 4.69) is 28.5 Å². The van der Waals surface area contributed by atoms with Gasteiger partial charge in [-0.15, -0.1) is 10.2 Å². The summed E-state index contributed by atoms with van der Waals surface area (Å²) in [4.78, 5) is 0. The van der Waals surface area contributed by atoms with Crippen LogP contribution in [0.5, 0.6) is 0 Å². The second-order valence-electron chi connectivity index (χ2n) is 4.42. The van der Waals surface area contributed by atoms with E-state index in [4.69, 9.17) is 11.0 Å². The maximum atomic E-state index is 9.17. The zero-order valence-corrected chi connectivity index (χ0v) is 10.9. The Balaban J connectivity index is 2.47. The molecule has 0 amide bonds. The van der Waals surface area contributed by atoms with E-state index in [-0.39, 0.29) is 6.04 Å². The highest BCUT2D eigenvalue weighted by molar-refractivity contribution is 5.92. The fourth-order valence-electron chi connectivity index (χ4n) is 2.08. The lowest BCUT2D eigenvalue weighted by Crippen LogP contribution is -2.29. The molecule has 2 aromatic rings. The molecule has 1 heterocycles. The first-order chi connectivity index (χ1) is 9.30. The third-order valence-electron chi connectivity index (χ3n) is 3.04. The molecule has 0 aliphatic heterocycles. The Morgan fingerprint density at radius 2 is 2.16 bits per heavy atom. The Labute approximate surface area is 112 Å². The maximum Gasteiger partial charge on any atom is 0.186 e. The van der Waals surface area contributed by atoms with Gasteiger partial charge < -0.3 is 11.1 Å². The molecule has 5 heteroatoms. The summed E-state index contributed by atoms with van der Waals surface area (Å²) < 4.78 is 0. The van der Waals surface area contributed by atoms with Gasteiger partial charge in [-0.05, 0) is 12.5 Å². The monoisotopic (exact) mass is 255 g/mol. The third kappa shape index (κ3) is 2.80. The molecular weight excluding hydrogens is 238 g/mol. The largest absolute Gasteiger partial charge is 0.378 e. The van der Waals surface area contributed by atoms with Gasteiger partial charge in [0.2, 0.25) is 0 Å². The molecule has 0 aliphatic rings. The van der Waals surface area contributed by atoms with Crippen molar-refractivity contribution in [2.24, 2.45) is 5.73 Å². The Kier molecular flexibility index (Phi) is 4.26. The van der Waals surface area contributed by atoms with Crippen molar-refractivity contribution < 1.29 is 0 Å². The van der Waals surface area contributed by atoms with E-state index in [9.17, 15) is 0 Å². The Morgan fingerprint density at radius 3 is 2.84 bits per heavy atom. The van der Waals surface area contributed by atoms with Crippen LogP contribution >= 0.6 is 0 Å². The summed E-state index contributed by atoms with van der Waals surface area (Å²) in [6.45, 7) is 2.63. The molecule has 3 N–H and O–H groups in total. The topological polar surface area (TPSA) is 87.6 Å². The highest BCUT2D eigenvalue weighted by atomic mass is 15.1. The summed E-state index contributed by atoms with van der Waals surface area (Å²) in [5, 5.41) is 21.4. The second kappa shape index (κ2) is 6.12. The zero-order chi connectivity index (χ0) is 13.7. The molecule has 1 unspecified atom stereocenters. The van der Waals surface area contributed by atoms with Crippen LogP contribution in [0.2, 0.25) is 0 Å². The number of nitrogens with two attached hydrogens (primary N) is 1. The Hall–Kier alpha value is -2.19. The fraction of sp³-hybridized carbons (Fsp3) is 0.357. The van der Waals surface area contributed by atoms with Crippen LogP contribution in [-0.4, -0.2) is 22.8 Å². The molecule has 2 rings (SSSR count). The van der Waals surface area contributed by atoms with Gasteiger partial charge in [-0.3, -0.25) is 0 Å². The highest BCUT2D eigenvalue weighted by Crippen LogP contribution is 2.24. The standard InChI is InChI=1S/C14H17N5/c1-2-5-10(8-15)17-14-11-6-3-4-7-12(11)18-19-13(14)9-16/h3-4,6-7,10H,2,5,8,15H2,1H3,(H,17,18). The SMILES string of the molecule is CCCC(CN)Nc1c(C#N)nnc2ccccc12. The van der Waals surface area contributed by atoms with Crippen LogP contribution in [0.4, 0.5) is 5.69 Å². The first-order valence-corrected chi connectivity index (χ1v) is 6.42. The van der Waals surface area contributed by atoms with Gasteiger partial charge in [-0.2, -0.15) is 5.26 Å². The van der Waals surface area contributed by atoms with E-state index in [0.29, 0.717) is 12.2 Å². The first-order valence-electron chi connectivity index (χ1n) is 6.42. The number of fused-ring (bicyclic) bond motifs is 1. The maximum absolute atomic E-state index is 9.17. The van der Waals surface area contributed by atoms with Gasteiger partial charge in [0.1, 0.15) is 6.07 Å². The molecule has 1 atom stereocenters. The summed E-state index contributed by atoms with van der Waals surface area (Å²) in [7, 11) is 0. The van der Waals surface area contributed by atoms with Crippen LogP contribution in [0.25, 0.3) is 10.9 Å². The molecule has 0 saturated carbocycles. The number of nitriles is 1. The van der Waals surface area contributed by atoms with Gasteiger partial charge in [-0.25, -0.2) is 0 Å². The van der Waals surface area contributed by atoms with Gasteiger partial charge in [0.05, 0.1) is 11.2 Å².